The number of benzene rings is 1. The van der Waals surface area contributed by atoms with E-state index in [-0.39, 0.29) is 12.5 Å². The third-order valence-electron chi connectivity index (χ3n) is 2.88. The number of hydrogen-bond acceptors (Lipinski definition) is 4. The Morgan fingerprint density at radius 3 is 3.17 bits per heavy atom. The van der Waals surface area contributed by atoms with Crippen LogP contribution in [0.2, 0.25) is 0 Å². The topological polar surface area (TPSA) is 73.6 Å². The molecule has 1 aromatic rings. The molecule has 0 saturated carbocycles. The summed E-state index contributed by atoms with van der Waals surface area (Å²) in [6, 6.07) is 9.40. The van der Waals surface area contributed by atoms with E-state index in [1.54, 1.807) is 6.07 Å². The maximum Gasteiger partial charge on any atom is 0.306 e. The average Bonchev–Trinajstić information content (AvgIpc) is 2.38. The van der Waals surface area contributed by atoms with Crippen molar-refractivity contribution < 1.29 is 14.6 Å². The van der Waals surface area contributed by atoms with Crippen LogP contribution >= 0.6 is 0 Å². The number of anilines is 1. The number of nitrogens with zero attached hydrogens (tertiary/aromatic N) is 2. The third-order valence-corrected chi connectivity index (χ3v) is 2.88. The molecule has 1 heterocycles. The van der Waals surface area contributed by atoms with Gasteiger partial charge < -0.3 is 14.7 Å². The highest BCUT2D eigenvalue weighted by atomic mass is 16.5. The molecule has 18 heavy (non-hydrogen) atoms. The first-order chi connectivity index (χ1) is 8.69. The van der Waals surface area contributed by atoms with Crippen LogP contribution in [0.5, 0.6) is 0 Å². The number of aliphatic carboxylic acids is 1. The van der Waals surface area contributed by atoms with Gasteiger partial charge in [0.05, 0.1) is 30.8 Å². The third kappa shape index (κ3) is 2.99. The maximum atomic E-state index is 10.7. The minimum atomic E-state index is -0.854. The Bertz CT molecular complexity index is 481. The number of carbonyl (C=O) groups is 1. The minimum Gasteiger partial charge on any atom is -0.481 e. The summed E-state index contributed by atoms with van der Waals surface area (Å²) in [5.41, 5.74) is 1.54. The van der Waals surface area contributed by atoms with Crippen LogP contribution in [0.1, 0.15) is 12.0 Å². The lowest BCUT2D eigenvalue weighted by molar-refractivity contribution is -0.140. The number of hydrogen-bond donors (Lipinski definition) is 1. The minimum absolute atomic E-state index is 0.00837. The summed E-state index contributed by atoms with van der Waals surface area (Å²) in [5, 5.41) is 17.6. The summed E-state index contributed by atoms with van der Waals surface area (Å²) in [6.07, 6.45) is -0.281. The first-order valence-electron chi connectivity index (χ1n) is 5.77. The summed E-state index contributed by atoms with van der Waals surface area (Å²) < 4.78 is 5.41. The van der Waals surface area contributed by atoms with Gasteiger partial charge in [-0.25, -0.2) is 0 Å². The van der Waals surface area contributed by atoms with E-state index in [9.17, 15) is 4.79 Å². The molecule has 0 bridgehead atoms. The van der Waals surface area contributed by atoms with E-state index in [0.717, 1.165) is 5.69 Å². The molecule has 94 valence electrons. The van der Waals surface area contributed by atoms with Gasteiger partial charge in [-0.05, 0) is 18.2 Å². The molecule has 1 aromatic carbocycles. The fourth-order valence-corrected chi connectivity index (χ4v) is 2.04. The fraction of sp³-hybridized carbons (Fsp3) is 0.385. The zero-order valence-electron chi connectivity index (χ0n) is 9.87. The number of rotatable bonds is 3. The average molecular weight is 246 g/mol. The molecule has 1 N–H and O–H groups in total. The van der Waals surface area contributed by atoms with Crippen molar-refractivity contribution in [3.8, 4) is 6.07 Å². The number of ether oxygens (including phenoxy) is 1. The van der Waals surface area contributed by atoms with Gasteiger partial charge in [-0.1, -0.05) is 6.07 Å². The molecule has 1 unspecified atom stereocenters. The van der Waals surface area contributed by atoms with Crippen molar-refractivity contribution in [2.45, 2.75) is 12.5 Å². The van der Waals surface area contributed by atoms with Crippen molar-refractivity contribution in [3.05, 3.63) is 29.8 Å². The van der Waals surface area contributed by atoms with E-state index in [1.165, 1.54) is 0 Å². The molecule has 0 aromatic heterocycles. The zero-order valence-corrected chi connectivity index (χ0v) is 9.87. The van der Waals surface area contributed by atoms with E-state index < -0.39 is 5.97 Å². The van der Waals surface area contributed by atoms with E-state index in [1.807, 2.05) is 18.2 Å². The van der Waals surface area contributed by atoms with Crippen LogP contribution in [0.25, 0.3) is 0 Å². The number of carboxylic acids is 1. The van der Waals surface area contributed by atoms with Crippen LogP contribution < -0.4 is 4.90 Å². The molecule has 2 rings (SSSR count). The van der Waals surface area contributed by atoms with Crippen molar-refractivity contribution in [2.24, 2.45) is 0 Å². The molecule has 1 fully saturated rings. The second kappa shape index (κ2) is 5.52. The highest BCUT2D eigenvalue weighted by molar-refractivity contribution is 5.67. The van der Waals surface area contributed by atoms with Gasteiger partial charge in [0.15, 0.2) is 0 Å². The molecule has 1 saturated heterocycles. The van der Waals surface area contributed by atoms with Gasteiger partial charge in [0.2, 0.25) is 0 Å². The molecule has 5 heteroatoms. The van der Waals surface area contributed by atoms with E-state index >= 15 is 0 Å². The summed E-state index contributed by atoms with van der Waals surface area (Å²) >= 11 is 0. The van der Waals surface area contributed by atoms with Crippen molar-refractivity contribution in [2.75, 3.05) is 24.6 Å². The standard InChI is InChI=1S/C13H14N2O3/c14-8-10-2-1-3-11(6-10)15-4-5-18-12(9-15)7-13(16)17/h1-3,6,12H,4-5,7,9H2,(H,16,17). The number of carboxylic acid groups (broad SMARTS) is 1. The molecule has 0 radical (unpaired) electrons. The van der Waals surface area contributed by atoms with E-state index in [0.29, 0.717) is 25.3 Å². The van der Waals surface area contributed by atoms with Crippen LogP contribution in [-0.2, 0) is 9.53 Å². The first kappa shape index (κ1) is 12.4. The second-order valence-corrected chi connectivity index (χ2v) is 4.20. The van der Waals surface area contributed by atoms with Crippen LogP contribution in [0, 0.1) is 11.3 Å². The van der Waals surface area contributed by atoms with Gasteiger partial charge >= 0.3 is 5.97 Å². The Hall–Kier alpha value is -2.06. The van der Waals surface area contributed by atoms with Crippen molar-refractivity contribution in [1.29, 1.82) is 5.26 Å². The molecular formula is C13H14N2O3. The summed E-state index contributed by atoms with van der Waals surface area (Å²) in [6.45, 7) is 1.76. The second-order valence-electron chi connectivity index (χ2n) is 4.20. The van der Waals surface area contributed by atoms with Gasteiger partial charge in [-0.2, -0.15) is 5.26 Å². The molecule has 1 atom stereocenters. The number of nitriles is 1. The highest BCUT2D eigenvalue weighted by Crippen LogP contribution is 2.20. The van der Waals surface area contributed by atoms with Gasteiger partial charge in [-0.15, -0.1) is 0 Å². The molecule has 1 aliphatic heterocycles. The Morgan fingerprint density at radius 2 is 2.44 bits per heavy atom. The number of morpholine rings is 1. The lowest BCUT2D eigenvalue weighted by Gasteiger charge is -2.34. The van der Waals surface area contributed by atoms with Crippen LogP contribution in [0.3, 0.4) is 0 Å². The Labute approximate surface area is 105 Å². The predicted molar refractivity (Wildman–Crippen MR) is 65.4 cm³/mol. The smallest absolute Gasteiger partial charge is 0.306 e. The lowest BCUT2D eigenvalue weighted by Crippen LogP contribution is -2.43. The monoisotopic (exact) mass is 246 g/mol. The highest BCUT2D eigenvalue weighted by Gasteiger charge is 2.22. The molecule has 0 aliphatic carbocycles. The van der Waals surface area contributed by atoms with Crippen LogP contribution in [0.15, 0.2) is 24.3 Å². The zero-order chi connectivity index (χ0) is 13.0. The van der Waals surface area contributed by atoms with Crippen LogP contribution in [0.4, 0.5) is 5.69 Å². The maximum absolute atomic E-state index is 10.7. The molecule has 0 amide bonds. The van der Waals surface area contributed by atoms with Gasteiger partial charge in [-0.3, -0.25) is 4.79 Å². The first-order valence-corrected chi connectivity index (χ1v) is 5.77. The van der Waals surface area contributed by atoms with Gasteiger partial charge in [0.1, 0.15) is 0 Å². The summed E-state index contributed by atoms with van der Waals surface area (Å²) in [4.78, 5) is 12.7. The quantitative estimate of drug-likeness (QED) is 0.868. The van der Waals surface area contributed by atoms with Gasteiger partial charge in [0.25, 0.3) is 0 Å². The lowest BCUT2D eigenvalue weighted by atomic mass is 10.1. The predicted octanol–water partition coefficient (Wildman–Crippen LogP) is 1.24. The van der Waals surface area contributed by atoms with Crippen molar-refractivity contribution in [1.82, 2.24) is 0 Å². The van der Waals surface area contributed by atoms with Gasteiger partial charge in [0, 0.05) is 18.8 Å². The van der Waals surface area contributed by atoms with E-state index in [4.69, 9.17) is 15.1 Å². The van der Waals surface area contributed by atoms with E-state index in [2.05, 4.69) is 11.0 Å². The van der Waals surface area contributed by atoms with Crippen LogP contribution in [-0.4, -0.2) is 36.9 Å². The Morgan fingerprint density at radius 1 is 1.61 bits per heavy atom. The fourth-order valence-electron chi connectivity index (χ4n) is 2.04. The largest absolute Gasteiger partial charge is 0.481 e. The van der Waals surface area contributed by atoms with Crippen molar-refractivity contribution >= 4 is 11.7 Å². The molecule has 5 nitrogen and oxygen atoms in total. The Kier molecular flexibility index (Phi) is 3.80. The molecule has 1 aliphatic rings. The van der Waals surface area contributed by atoms with Crippen molar-refractivity contribution in [3.63, 3.8) is 0 Å². The summed E-state index contributed by atoms with van der Waals surface area (Å²) in [7, 11) is 0. The molecular weight excluding hydrogens is 232 g/mol. The summed E-state index contributed by atoms with van der Waals surface area (Å²) in [5.74, 6) is -0.854. The Balaban J connectivity index is 2.08. The molecule has 0 spiro atoms. The normalized spacial score (nSPS) is 19.3. The SMILES string of the molecule is N#Cc1cccc(N2CCOC(CC(=O)O)C2)c1.